The molecule has 0 atom stereocenters. The zero-order chi connectivity index (χ0) is 14.1. The minimum atomic E-state index is -0.379. The number of non-ortho nitro benzene ring substituents is 1. The van der Waals surface area contributed by atoms with Crippen LogP contribution in [0.25, 0.3) is 0 Å². The largest absolute Gasteiger partial charge is 0.357 e. The number of hydrogen-bond acceptors (Lipinski definition) is 3. The van der Waals surface area contributed by atoms with E-state index in [0.29, 0.717) is 13.0 Å². The van der Waals surface area contributed by atoms with Crippen molar-refractivity contribution in [3.05, 3.63) is 39.9 Å². The standard InChI is InChI=1S/C13H20N4O2.HI/c1-3-14-13(15-4-2)16-9-8-11-6-5-7-12(10-11)17(18)19;/h5-7,10H,3-4,8-9H2,1-2H3,(H2,14,15,16);1H. The number of aliphatic imine (C=N–C) groups is 1. The molecule has 0 aromatic heterocycles. The van der Waals surface area contributed by atoms with Gasteiger partial charge in [0.2, 0.25) is 0 Å². The smallest absolute Gasteiger partial charge is 0.269 e. The predicted molar refractivity (Wildman–Crippen MR) is 91.9 cm³/mol. The summed E-state index contributed by atoms with van der Waals surface area (Å²) < 4.78 is 0. The summed E-state index contributed by atoms with van der Waals surface area (Å²) in [4.78, 5) is 14.7. The molecule has 0 spiro atoms. The Morgan fingerprint density at radius 2 is 1.95 bits per heavy atom. The number of benzene rings is 1. The van der Waals surface area contributed by atoms with Gasteiger partial charge in [-0.2, -0.15) is 0 Å². The molecular weight excluding hydrogens is 371 g/mol. The van der Waals surface area contributed by atoms with E-state index < -0.39 is 0 Å². The van der Waals surface area contributed by atoms with Gasteiger partial charge in [0.1, 0.15) is 0 Å². The van der Waals surface area contributed by atoms with E-state index in [1.165, 1.54) is 6.07 Å². The Balaban J connectivity index is 0.00000361. The maximum atomic E-state index is 10.7. The number of hydrogen-bond donors (Lipinski definition) is 2. The first-order chi connectivity index (χ1) is 9.17. The van der Waals surface area contributed by atoms with Gasteiger partial charge in [-0.15, -0.1) is 24.0 Å². The Morgan fingerprint density at radius 3 is 2.50 bits per heavy atom. The minimum absolute atomic E-state index is 0. The Hall–Kier alpha value is -1.38. The van der Waals surface area contributed by atoms with E-state index in [4.69, 9.17) is 0 Å². The molecule has 0 heterocycles. The summed E-state index contributed by atoms with van der Waals surface area (Å²) in [5.74, 6) is 0.774. The van der Waals surface area contributed by atoms with Crippen LogP contribution >= 0.6 is 24.0 Å². The van der Waals surface area contributed by atoms with Crippen molar-refractivity contribution in [1.82, 2.24) is 10.6 Å². The van der Waals surface area contributed by atoms with E-state index in [9.17, 15) is 10.1 Å². The lowest BCUT2D eigenvalue weighted by Gasteiger charge is -2.08. The van der Waals surface area contributed by atoms with Crippen molar-refractivity contribution < 1.29 is 4.92 Å². The second kappa shape index (κ2) is 10.4. The third-order valence-electron chi connectivity index (χ3n) is 2.48. The first kappa shape index (κ1) is 18.6. The summed E-state index contributed by atoms with van der Waals surface area (Å²) in [5, 5.41) is 16.9. The fraction of sp³-hybridized carbons (Fsp3) is 0.462. The molecule has 0 saturated carbocycles. The summed E-state index contributed by atoms with van der Waals surface area (Å²) in [5.41, 5.74) is 1.05. The zero-order valence-corrected chi connectivity index (χ0v) is 14.1. The van der Waals surface area contributed by atoms with Crippen LogP contribution in [0.2, 0.25) is 0 Å². The highest BCUT2D eigenvalue weighted by atomic mass is 127. The number of nitro groups is 1. The number of guanidine groups is 1. The first-order valence-corrected chi connectivity index (χ1v) is 6.42. The molecule has 1 rings (SSSR count). The molecule has 0 amide bonds. The molecule has 112 valence electrons. The molecular formula is C13H21IN4O2. The highest BCUT2D eigenvalue weighted by Gasteiger charge is 2.05. The fourth-order valence-corrected chi connectivity index (χ4v) is 1.63. The molecule has 20 heavy (non-hydrogen) atoms. The molecule has 0 aliphatic rings. The third kappa shape index (κ3) is 6.69. The van der Waals surface area contributed by atoms with Crippen molar-refractivity contribution in [1.29, 1.82) is 0 Å². The summed E-state index contributed by atoms with van der Waals surface area (Å²) in [6.45, 7) is 6.22. The van der Waals surface area contributed by atoms with Gasteiger partial charge in [0.25, 0.3) is 5.69 Å². The van der Waals surface area contributed by atoms with E-state index in [-0.39, 0.29) is 34.6 Å². The van der Waals surface area contributed by atoms with Gasteiger partial charge < -0.3 is 10.6 Å². The van der Waals surface area contributed by atoms with E-state index >= 15 is 0 Å². The monoisotopic (exact) mass is 392 g/mol. The number of rotatable bonds is 6. The SMILES string of the molecule is CCNC(=NCCc1cccc([N+](=O)[O-])c1)NCC.I. The number of halogens is 1. The van der Waals surface area contributed by atoms with Crippen LogP contribution in [0.4, 0.5) is 5.69 Å². The minimum Gasteiger partial charge on any atom is -0.357 e. The van der Waals surface area contributed by atoms with E-state index in [1.807, 2.05) is 19.9 Å². The third-order valence-corrected chi connectivity index (χ3v) is 2.48. The van der Waals surface area contributed by atoms with Crippen LogP contribution < -0.4 is 10.6 Å². The van der Waals surface area contributed by atoms with E-state index in [0.717, 1.165) is 24.6 Å². The Morgan fingerprint density at radius 1 is 1.30 bits per heavy atom. The summed E-state index contributed by atoms with van der Waals surface area (Å²) in [7, 11) is 0. The second-order valence-electron chi connectivity index (χ2n) is 3.97. The van der Waals surface area contributed by atoms with Crippen molar-refractivity contribution >= 4 is 35.6 Å². The summed E-state index contributed by atoms with van der Waals surface area (Å²) >= 11 is 0. The van der Waals surface area contributed by atoms with Gasteiger partial charge in [0.05, 0.1) is 4.92 Å². The molecule has 0 fully saturated rings. The van der Waals surface area contributed by atoms with Gasteiger partial charge in [-0.1, -0.05) is 12.1 Å². The lowest BCUT2D eigenvalue weighted by Crippen LogP contribution is -2.37. The van der Waals surface area contributed by atoms with Crippen LogP contribution in [-0.4, -0.2) is 30.5 Å². The zero-order valence-electron chi connectivity index (χ0n) is 11.8. The molecule has 7 heteroatoms. The predicted octanol–water partition coefficient (Wildman–Crippen LogP) is 2.33. The molecule has 0 aliphatic heterocycles. The Bertz CT molecular complexity index is 444. The van der Waals surface area contributed by atoms with Gasteiger partial charge in [-0.3, -0.25) is 15.1 Å². The van der Waals surface area contributed by atoms with Crippen LogP contribution in [0.3, 0.4) is 0 Å². The quantitative estimate of drug-likeness (QED) is 0.256. The summed E-state index contributed by atoms with van der Waals surface area (Å²) in [6, 6.07) is 6.67. The number of nitrogens with one attached hydrogen (secondary N) is 2. The maximum absolute atomic E-state index is 10.7. The van der Waals surface area contributed by atoms with Crippen LogP contribution in [-0.2, 0) is 6.42 Å². The molecule has 0 aliphatic carbocycles. The number of nitro benzene ring substituents is 1. The van der Waals surface area contributed by atoms with Gasteiger partial charge in [0, 0.05) is 31.8 Å². The van der Waals surface area contributed by atoms with Gasteiger partial charge >= 0.3 is 0 Å². The highest BCUT2D eigenvalue weighted by Crippen LogP contribution is 2.13. The van der Waals surface area contributed by atoms with E-state index in [1.54, 1.807) is 12.1 Å². The Labute approximate surface area is 136 Å². The second-order valence-corrected chi connectivity index (χ2v) is 3.97. The van der Waals surface area contributed by atoms with Crippen molar-refractivity contribution in [2.45, 2.75) is 20.3 Å². The Kier molecular flexibility index (Phi) is 9.69. The topological polar surface area (TPSA) is 79.6 Å². The van der Waals surface area contributed by atoms with Gasteiger partial charge in [-0.05, 0) is 25.8 Å². The average Bonchev–Trinajstić information content (AvgIpc) is 2.39. The van der Waals surface area contributed by atoms with E-state index in [2.05, 4.69) is 15.6 Å². The normalized spacial score (nSPS) is 9.30. The lowest BCUT2D eigenvalue weighted by atomic mass is 10.1. The summed E-state index contributed by atoms with van der Waals surface area (Å²) in [6.07, 6.45) is 0.683. The molecule has 0 unspecified atom stereocenters. The molecule has 0 radical (unpaired) electrons. The van der Waals surface area contributed by atoms with Crippen molar-refractivity contribution in [3.63, 3.8) is 0 Å². The lowest BCUT2D eigenvalue weighted by molar-refractivity contribution is -0.384. The molecule has 0 saturated heterocycles. The highest BCUT2D eigenvalue weighted by molar-refractivity contribution is 14.0. The molecule has 6 nitrogen and oxygen atoms in total. The first-order valence-electron chi connectivity index (χ1n) is 6.42. The van der Waals surface area contributed by atoms with Crippen LogP contribution in [0.5, 0.6) is 0 Å². The van der Waals surface area contributed by atoms with Crippen molar-refractivity contribution in [3.8, 4) is 0 Å². The average molecular weight is 392 g/mol. The molecule has 1 aromatic carbocycles. The maximum Gasteiger partial charge on any atom is 0.269 e. The molecule has 0 bridgehead atoms. The van der Waals surface area contributed by atoms with Gasteiger partial charge in [0.15, 0.2) is 5.96 Å². The van der Waals surface area contributed by atoms with Crippen LogP contribution in [0, 0.1) is 10.1 Å². The van der Waals surface area contributed by atoms with Crippen molar-refractivity contribution in [2.24, 2.45) is 4.99 Å². The molecule has 2 N–H and O–H groups in total. The fourth-order valence-electron chi connectivity index (χ4n) is 1.63. The van der Waals surface area contributed by atoms with Crippen LogP contribution in [0.1, 0.15) is 19.4 Å². The van der Waals surface area contributed by atoms with Crippen LogP contribution in [0.15, 0.2) is 29.3 Å². The van der Waals surface area contributed by atoms with Crippen molar-refractivity contribution in [2.75, 3.05) is 19.6 Å². The van der Waals surface area contributed by atoms with Gasteiger partial charge in [-0.25, -0.2) is 0 Å². The molecule has 1 aromatic rings. The number of nitrogens with zero attached hydrogens (tertiary/aromatic N) is 2.